The topological polar surface area (TPSA) is 67.4 Å². The molecule has 132 valence electrons. The van der Waals surface area contributed by atoms with Crippen molar-refractivity contribution >= 4 is 17.6 Å². The third kappa shape index (κ3) is 5.04. The fourth-order valence-electron chi connectivity index (χ4n) is 2.36. The molecule has 5 nitrogen and oxygen atoms in total. The quantitative estimate of drug-likeness (QED) is 0.790. The van der Waals surface area contributed by atoms with E-state index in [0.29, 0.717) is 11.3 Å². The molecule has 2 aromatic rings. The van der Waals surface area contributed by atoms with Crippen LogP contribution in [0.3, 0.4) is 0 Å². The molecule has 0 saturated heterocycles. The number of nitrogens with one attached hydrogen (secondary N) is 2. The molecule has 1 unspecified atom stereocenters. The Morgan fingerprint density at radius 2 is 1.84 bits per heavy atom. The smallest absolute Gasteiger partial charge is 0.337 e. The van der Waals surface area contributed by atoms with E-state index in [1.165, 1.54) is 19.2 Å². The van der Waals surface area contributed by atoms with Crippen molar-refractivity contribution in [3.8, 4) is 0 Å². The molecule has 0 heterocycles. The van der Waals surface area contributed by atoms with Crippen molar-refractivity contribution in [2.75, 3.05) is 19.0 Å². The zero-order chi connectivity index (χ0) is 18.4. The van der Waals surface area contributed by atoms with Crippen LogP contribution in [0.2, 0.25) is 0 Å². The Balaban J connectivity index is 1.95. The molecule has 25 heavy (non-hydrogen) atoms. The Kier molecular flexibility index (Phi) is 6.11. The van der Waals surface area contributed by atoms with Crippen LogP contribution in [-0.4, -0.2) is 25.5 Å². The van der Waals surface area contributed by atoms with Gasteiger partial charge in [0, 0.05) is 5.69 Å². The highest BCUT2D eigenvalue weighted by Gasteiger charge is 2.11. The van der Waals surface area contributed by atoms with Crippen LogP contribution in [0.1, 0.15) is 34.5 Å². The maximum absolute atomic E-state index is 12.9. The lowest BCUT2D eigenvalue weighted by Gasteiger charge is -2.16. The third-order valence-electron chi connectivity index (χ3n) is 3.85. The summed E-state index contributed by atoms with van der Waals surface area (Å²) < 4.78 is 17.6. The van der Waals surface area contributed by atoms with Crippen molar-refractivity contribution in [3.63, 3.8) is 0 Å². The number of methoxy groups -OCH3 is 1. The lowest BCUT2D eigenvalue weighted by atomic mass is 10.1. The number of rotatable bonds is 6. The summed E-state index contributed by atoms with van der Waals surface area (Å²) in [5.74, 6) is -0.956. The van der Waals surface area contributed by atoms with E-state index in [2.05, 4.69) is 10.6 Å². The molecule has 1 amide bonds. The maximum Gasteiger partial charge on any atom is 0.337 e. The van der Waals surface area contributed by atoms with Crippen molar-refractivity contribution < 1.29 is 18.7 Å². The molecule has 0 aromatic heterocycles. The molecular formula is C19H21FN2O3. The minimum absolute atomic E-state index is 0.0526. The highest BCUT2D eigenvalue weighted by Crippen LogP contribution is 2.17. The summed E-state index contributed by atoms with van der Waals surface area (Å²) in [6, 6.07) is 10.9. The molecule has 0 aliphatic rings. The SMILES string of the molecule is COC(=O)c1ccc(C)c(NCC(=O)NC(C)c2ccc(F)cc2)c1. The fraction of sp³-hybridized carbons (Fsp3) is 0.263. The van der Waals surface area contributed by atoms with E-state index >= 15 is 0 Å². The number of hydrogen-bond acceptors (Lipinski definition) is 4. The van der Waals surface area contributed by atoms with Gasteiger partial charge in [0.05, 0.1) is 25.3 Å². The normalized spacial score (nSPS) is 11.5. The Hall–Kier alpha value is -2.89. The zero-order valence-corrected chi connectivity index (χ0v) is 14.4. The molecule has 0 fully saturated rings. The van der Waals surface area contributed by atoms with Gasteiger partial charge in [0.25, 0.3) is 0 Å². The first-order valence-corrected chi connectivity index (χ1v) is 7.88. The predicted molar refractivity (Wildman–Crippen MR) is 94.0 cm³/mol. The van der Waals surface area contributed by atoms with Crippen LogP contribution in [0.25, 0.3) is 0 Å². The van der Waals surface area contributed by atoms with Crippen LogP contribution in [0.4, 0.5) is 10.1 Å². The first-order chi connectivity index (χ1) is 11.9. The van der Waals surface area contributed by atoms with E-state index in [0.717, 1.165) is 11.1 Å². The highest BCUT2D eigenvalue weighted by molar-refractivity contribution is 5.91. The molecular weight excluding hydrogens is 323 g/mol. The minimum Gasteiger partial charge on any atom is -0.465 e. The van der Waals surface area contributed by atoms with Gasteiger partial charge in [-0.25, -0.2) is 9.18 Å². The van der Waals surface area contributed by atoms with Gasteiger partial charge in [-0.15, -0.1) is 0 Å². The summed E-state index contributed by atoms with van der Waals surface area (Å²) in [7, 11) is 1.32. The lowest BCUT2D eigenvalue weighted by Crippen LogP contribution is -2.32. The summed E-state index contributed by atoms with van der Waals surface area (Å²) in [6.45, 7) is 3.76. The number of benzene rings is 2. The number of aryl methyl sites for hydroxylation is 1. The lowest BCUT2D eigenvalue weighted by molar-refractivity contribution is -0.120. The first-order valence-electron chi connectivity index (χ1n) is 7.88. The van der Waals surface area contributed by atoms with E-state index in [1.807, 2.05) is 13.8 Å². The predicted octanol–water partition coefficient (Wildman–Crippen LogP) is 3.21. The molecule has 6 heteroatoms. The molecule has 2 N–H and O–H groups in total. The van der Waals surface area contributed by atoms with Crippen LogP contribution in [0, 0.1) is 12.7 Å². The van der Waals surface area contributed by atoms with Gasteiger partial charge in [0.2, 0.25) is 5.91 Å². The first kappa shape index (κ1) is 18.4. The fourth-order valence-corrected chi connectivity index (χ4v) is 2.36. The van der Waals surface area contributed by atoms with E-state index in [9.17, 15) is 14.0 Å². The summed E-state index contributed by atoms with van der Waals surface area (Å²) in [5.41, 5.74) is 2.83. The number of carbonyl (C=O) groups is 2. The van der Waals surface area contributed by atoms with E-state index < -0.39 is 5.97 Å². The number of hydrogen-bond donors (Lipinski definition) is 2. The summed E-state index contributed by atoms with van der Waals surface area (Å²) in [4.78, 5) is 23.7. The number of halogens is 1. The average molecular weight is 344 g/mol. The second kappa shape index (κ2) is 8.28. The van der Waals surface area contributed by atoms with E-state index in [-0.39, 0.29) is 24.3 Å². The standard InChI is InChI=1S/C19H21FN2O3/c1-12-4-5-15(19(24)25-3)10-17(12)21-11-18(23)22-13(2)14-6-8-16(20)9-7-14/h4-10,13,21H,11H2,1-3H3,(H,22,23). The molecule has 0 saturated carbocycles. The molecule has 1 atom stereocenters. The zero-order valence-electron chi connectivity index (χ0n) is 14.4. The van der Waals surface area contributed by atoms with Gasteiger partial charge in [-0.3, -0.25) is 4.79 Å². The summed E-state index contributed by atoms with van der Waals surface area (Å²) in [5, 5.41) is 5.86. The Morgan fingerprint density at radius 1 is 1.16 bits per heavy atom. The Morgan fingerprint density at radius 3 is 2.48 bits per heavy atom. The van der Waals surface area contributed by atoms with Gasteiger partial charge >= 0.3 is 5.97 Å². The third-order valence-corrected chi connectivity index (χ3v) is 3.85. The van der Waals surface area contributed by atoms with E-state index in [4.69, 9.17) is 4.74 Å². The monoisotopic (exact) mass is 344 g/mol. The van der Waals surface area contributed by atoms with Gasteiger partial charge in [-0.1, -0.05) is 18.2 Å². The Labute approximate surface area is 146 Å². The number of carbonyl (C=O) groups excluding carboxylic acids is 2. The number of anilines is 1. The van der Waals surface area contributed by atoms with Gasteiger partial charge in [0.15, 0.2) is 0 Å². The van der Waals surface area contributed by atoms with Crippen LogP contribution in [-0.2, 0) is 9.53 Å². The van der Waals surface area contributed by atoms with Crippen molar-refractivity contribution in [2.45, 2.75) is 19.9 Å². The average Bonchev–Trinajstić information content (AvgIpc) is 2.60. The molecule has 2 rings (SSSR count). The van der Waals surface area contributed by atoms with Crippen molar-refractivity contribution in [1.82, 2.24) is 5.32 Å². The number of esters is 1. The van der Waals surface area contributed by atoms with Crippen LogP contribution >= 0.6 is 0 Å². The second-order valence-electron chi connectivity index (χ2n) is 5.72. The van der Waals surface area contributed by atoms with Crippen molar-refractivity contribution in [1.29, 1.82) is 0 Å². The van der Waals surface area contributed by atoms with Gasteiger partial charge in [-0.2, -0.15) is 0 Å². The Bertz CT molecular complexity index is 760. The van der Waals surface area contributed by atoms with E-state index in [1.54, 1.807) is 30.3 Å². The molecule has 0 radical (unpaired) electrons. The second-order valence-corrected chi connectivity index (χ2v) is 5.72. The summed E-state index contributed by atoms with van der Waals surface area (Å²) in [6.07, 6.45) is 0. The van der Waals surface area contributed by atoms with Crippen molar-refractivity contribution in [2.24, 2.45) is 0 Å². The summed E-state index contributed by atoms with van der Waals surface area (Å²) >= 11 is 0. The molecule has 0 spiro atoms. The maximum atomic E-state index is 12.9. The van der Waals surface area contributed by atoms with Crippen molar-refractivity contribution in [3.05, 3.63) is 65.0 Å². The molecule has 0 bridgehead atoms. The highest BCUT2D eigenvalue weighted by atomic mass is 19.1. The number of ether oxygens (including phenoxy) is 1. The number of amides is 1. The molecule has 0 aliphatic carbocycles. The van der Waals surface area contributed by atoms with Crippen LogP contribution in [0.15, 0.2) is 42.5 Å². The van der Waals surface area contributed by atoms with Gasteiger partial charge < -0.3 is 15.4 Å². The molecule has 0 aliphatic heterocycles. The van der Waals surface area contributed by atoms with Crippen LogP contribution < -0.4 is 10.6 Å². The van der Waals surface area contributed by atoms with Crippen LogP contribution in [0.5, 0.6) is 0 Å². The molecule has 2 aromatic carbocycles. The van der Waals surface area contributed by atoms with Gasteiger partial charge in [0.1, 0.15) is 5.82 Å². The largest absolute Gasteiger partial charge is 0.465 e. The van der Waals surface area contributed by atoms with Gasteiger partial charge in [-0.05, 0) is 49.2 Å². The minimum atomic E-state index is -0.433.